The van der Waals surface area contributed by atoms with Crippen molar-refractivity contribution in [2.45, 2.75) is 38.0 Å². The summed E-state index contributed by atoms with van der Waals surface area (Å²) in [5.41, 5.74) is 6.41. The van der Waals surface area contributed by atoms with E-state index in [9.17, 15) is 8.78 Å². The van der Waals surface area contributed by atoms with E-state index in [0.29, 0.717) is 12.0 Å². The molecule has 1 aliphatic carbocycles. The zero-order valence-corrected chi connectivity index (χ0v) is 9.70. The van der Waals surface area contributed by atoms with Crippen LogP contribution in [0.3, 0.4) is 0 Å². The Morgan fingerprint density at radius 1 is 1.62 bits per heavy atom. The number of rotatable bonds is 1. The Morgan fingerprint density at radius 2 is 2.31 bits per heavy atom. The molecule has 1 aromatic rings. The van der Waals surface area contributed by atoms with Crippen LogP contribution < -0.4 is 5.73 Å². The van der Waals surface area contributed by atoms with Crippen LogP contribution in [0.2, 0.25) is 0 Å². The molecule has 1 unspecified atom stereocenters. The minimum atomic E-state index is -2.81. The minimum absolute atomic E-state index is 0.0136. The highest BCUT2D eigenvalue weighted by atomic mass is 32.1. The summed E-state index contributed by atoms with van der Waals surface area (Å²) in [5, 5.41) is 9.21. The Balaban J connectivity index is 2.65. The molecule has 0 saturated carbocycles. The molecular formula is C11H12F2N2S. The van der Waals surface area contributed by atoms with Crippen molar-refractivity contribution in [3.63, 3.8) is 0 Å². The number of nitrogen functional groups attached to an aromatic ring is 1. The van der Waals surface area contributed by atoms with Crippen LogP contribution >= 0.6 is 11.3 Å². The zero-order valence-electron chi connectivity index (χ0n) is 8.89. The number of fused-ring (bicyclic) bond motifs is 1. The van der Waals surface area contributed by atoms with E-state index in [1.165, 1.54) is 0 Å². The topological polar surface area (TPSA) is 49.8 Å². The van der Waals surface area contributed by atoms with Crippen LogP contribution in [0.5, 0.6) is 0 Å². The van der Waals surface area contributed by atoms with Crippen molar-refractivity contribution in [3.8, 4) is 6.07 Å². The Labute approximate surface area is 96.7 Å². The molecule has 0 radical (unpaired) electrons. The van der Waals surface area contributed by atoms with Crippen molar-refractivity contribution in [1.29, 1.82) is 5.26 Å². The summed E-state index contributed by atoms with van der Waals surface area (Å²) in [6.45, 7) is 1.95. The van der Waals surface area contributed by atoms with Crippen molar-refractivity contribution >= 4 is 16.3 Å². The standard InChI is InChI=1S/C11H12F2N2S/c1-2-6-3-4-11(12,13)9-8(6)7(5-14)10(15)16-9/h6H,2-4,15H2,1H3. The van der Waals surface area contributed by atoms with Crippen LogP contribution in [-0.4, -0.2) is 0 Å². The van der Waals surface area contributed by atoms with E-state index in [1.807, 2.05) is 13.0 Å². The summed E-state index contributed by atoms with van der Waals surface area (Å²) in [7, 11) is 0. The molecule has 2 N–H and O–H groups in total. The Morgan fingerprint density at radius 3 is 2.88 bits per heavy atom. The number of nitrogens with two attached hydrogens (primary N) is 1. The lowest BCUT2D eigenvalue weighted by molar-refractivity contribution is -0.0212. The fourth-order valence-corrected chi connectivity index (χ4v) is 3.37. The van der Waals surface area contributed by atoms with Gasteiger partial charge in [-0.2, -0.15) is 5.26 Å². The molecule has 2 rings (SSSR count). The molecule has 1 aromatic heterocycles. The van der Waals surface area contributed by atoms with Gasteiger partial charge >= 0.3 is 0 Å². The SMILES string of the molecule is CCC1CCC(F)(F)c2sc(N)c(C#N)c21. The van der Waals surface area contributed by atoms with Crippen molar-refractivity contribution < 1.29 is 8.78 Å². The van der Waals surface area contributed by atoms with E-state index in [2.05, 4.69) is 0 Å². The van der Waals surface area contributed by atoms with Gasteiger partial charge in [0.05, 0.1) is 10.4 Å². The number of halogens is 2. The first-order valence-corrected chi connectivity index (χ1v) is 6.03. The monoisotopic (exact) mass is 242 g/mol. The van der Waals surface area contributed by atoms with Crippen LogP contribution in [0.15, 0.2) is 0 Å². The average molecular weight is 242 g/mol. The summed E-state index contributed by atoms with van der Waals surface area (Å²) in [6, 6.07) is 1.96. The van der Waals surface area contributed by atoms with Gasteiger partial charge in [-0.3, -0.25) is 0 Å². The van der Waals surface area contributed by atoms with E-state index in [4.69, 9.17) is 11.0 Å². The smallest absolute Gasteiger partial charge is 0.282 e. The van der Waals surface area contributed by atoms with Gasteiger partial charge in [0.1, 0.15) is 11.1 Å². The van der Waals surface area contributed by atoms with Gasteiger partial charge in [-0.25, -0.2) is 8.78 Å². The number of hydrogen-bond acceptors (Lipinski definition) is 3. The molecule has 0 aliphatic heterocycles. The maximum atomic E-state index is 13.7. The third kappa shape index (κ3) is 1.49. The third-order valence-corrected chi connectivity index (χ3v) is 4.27. The molecule has 0 fully saturated rings. The molecule has 5 heteroatoms. The highest BCUT2D eigenvalue weighted by Gasteiger charge is 2.43. The molecule has 1 atom stereocenters. The van der Waals surface area contributed by atoms with Crippen molar-refractivity contribution in [3.05, 3.63) is 16.0 Å². The van der Waals surface area contributed by atoms with E-state index in [0.717, 1.165) is 17.8 Å². The number of nitriles is 1. The molecule has 0 amide bonds. The fourth-order valence-electron chi connectivity index (χ4n) is 2.26. The highest BCUT2D eigenvalue weighted by molar-refractivity contribution is 7.16. The fraction of sp³-hybridized carbons (Fsp3) is 0.545. The first-order chi connectivity index (χ1) is 7.51. The summed E-state index contributed by atoms with van der Waals surface area (Å²) in [6.07, 6.45) is 1.07. The molecule has 86 valence electrons. The summed E-state index contributed by atoms with van der Waals surface area (Å²) in [5.74, 6) is -2.76. The summed E-state index contributed by atoms with van der Waals surface area (Å²) in [4.78, 5) is 0.0136. The van der Waals surface area contributed by atoms with Crippen LogP contribution in [-0.2, 0) is 5.92 Å². The lowest BCUT2D eigenvalue weighted by Crippen LogP contribution is -2.22. The van der Waals surface area contributed by atoms with Crippen molar-refractivity contribution in [1.82, 2.24) is 0 Å². The van der Waals surface area contributed by atoms with Gasteiger partial charge in [-0.15, -0.1) is 11.3 Å². The molecule has 16 heavy (non-hydrogen) atoms. The lowest BCUT2D eigenvalue weighted by Gasteiger charge is -2.28. The van der Waals surface area contributed by atoms with Crippen LogP contribution in [0.4, 0.5) is 13.8 Å². The number of nitrogens with zero attached hydrogens (tertiary/aromatic N) is 1. The van der Waals surface area contributed by atoms with Gasteiger partial charge in [0.15, 0.2) is 0 Å². The van der Waals surface area contributed by atoms with Crippen LogP contribution in [0.25, 0.3) is 0 Å². The molecular weight excluding hydrogens is 230 g/mol. The maximum absolute atomic E-state index is 13.7. The first kappa shape index (κ1) is 11.3. The van der Waals surface area contributed by atoms with Gasteiger partial charge in [0.25, 0.3) is 5.92 Å². The predicted molar refractivity (Wildman–Crippen MR) is 59.6 cm³/mol. The lowest BCUT2D eigenvalue weighted by atomic mass is 9.82. The van der Waals surface area contributed by atoms with Gasteiger partial charge in [-0.05, 0) is 24.3 Å². The number of anilines is 1. The minimum Gasteiger partial charge on any atom is -0.389 e. The molecule has 2 nitrogen and oxygen atoms in total. The zero-order chi connectivity index (χ0) is 11.9. The summed E-state index contributed by atoms with van der Waals surface area (Å²) >= 11 is 0.873. The average Bonchev–Trinajstić information content (AvgIpc) is 2.57. The molecule has 0 aromatic carbocycles. The van der Waals surface area contributed by atoms with E-state index >= 15 is 0 Å². The van der Waals surface area contributed by atoms with Gasteiger partial charge in [0.2, 0.25) is 0 Å². The van der Waals surface area contributed by atoms with Crippen molar-refractivity contribution in [2.75, 3.05) is 5.73 Å². The molecule has 0 saturated heterocycles. The van der Waals surface area contributed by atoms with Gasteiger partial charge < -0.3 is 5.73 Å². The van der Waals surface area contributed by atoms with Gasteiger partial charge in [0, 0.05) is 6.42 Å². The normalized spacial score (nSPS) is 22.5. The van der Waals surface area contributed by atoms with E-state index in [1.54, 1.807) is 0 Å². The quantitative estimate of drug-likeness (QED) is 0.818. The second-order valence-corrected chi connectivity index (χ2v) is 5.10. The largest absolute Gasteiger partial charge is 0.389 e. The third-order valence-electron chi connectivity index (χ3n) is 3.12. The van der Waals surface area contributed by atoms with Gasteiger partial charge in [-0.1, -0.05) is 6.92 Å². The Bertz CT molecular complexity index is 459. The van der Waals surface area contributed by atoms with Crippen LogP contribution in [0, 0.1) is 11.3 Å². The Kier molecular flexibility index (Phi) is 2.62. The highest BCUT2D eigenvalue weighted by Crippen LogP contribution is 2.52. The molecule has 1 aliphatic rings. The second-order valence-electron chi connectivity index (χ2n) is 4.04. The maximum Gasteiger partial charge on any atom is 0.282 e. The molecule has 0 bridgehead atoms. The number of hydrogen-bond donors (Lipinski definition) is 1. The Hall–Kier alpha value is -1.15. The van der Waals surface area contributed by atoms with Crippen molar-refractivity contribution in [2.24, 2.45) is 0 Å². The molecule has 1 heterocycles. The first-order valence-electron chi connectivity index (χ1n) is 5.21. The molecule has 0 spiro atoms. The van der Waals surface area contributed by atoms with Crippen LogP contribution in [0.1, 0.15) is 48.1 Å². The van der Waals surface area contributed by atoms with E-state index in [-0.39, 0.29) is 27.8 Å². The number of alkyl halides is 2. The predicted octanol–water partition coefficient (Wildman–Crippen LogP) is 3.58. The second kappa shape index (κ2) is 3.70. The number of thiophene rings is 1. The van der Waals surface area contributed by atoms with E-state index < -0.39 is 5.92 Å². The summed E-state index contributed by atoms with van der Waals surface area (Å²) < 4.78 is 27.4.